The minimum Gasteiger partial charge on any atom is -0.217 e. The molecule has 49 heavy (non-hydrogen) atoms. The van der Waals surface area contributed by atoms with Gasteiger partial charge in [-0.2, -0.15) is 0 Å². The summed E-state index contributed by atoms with van der Waals surface area (Å²) >= 11 is 1.97. The maximum atomic E-state index is 4.96. The predicted molar refractivity (Wildman–Crippen MR) is 208 cm³/mol. The van der Waals surface area contributed by atoms with Gasteiger partial charge in [-0.05, 0) is 81.0 Å². The molecule has 5 heteroatoms. The number of benzene rings is 4. The van der Waals surface area contributed by atoms with Crippen LogP contribution < -0.4 is 4.57 Å². The number of nitrogens with zero attached hydrogens (tertiary/aromatic N) is 4. The Kier molecular flexibility index (Phi) is 8.17. The van der Waals surface area contributed by atoms with Crippen LogP contribution in [-0.2, 0) is 19.9 Å². The molecule has 0 amide bonds. The molecule has 0 saturated heterocycles. The molecule has 0 radical (unpaired) electrons. The molecule has 4 nitrogen and oxygen atoms in total. The van der Waals surface area contributed by atoms with Crippen molar-refractivity contribution >= 4 is 44.1 Å². The molecule has 2 aromatic heterocycles. The summed E-state index contributed by atoms with van der Waals surface area (Å²) in [5, 5.41) is 7.88. The van der Waals surface area contributed by atoms with Crippen molar-refractivity contribution in [1.29, 1.82) is 0 Å². The minimum absolute atomic E-state index is 0.148. The first-order valence-corrected chi connectivity index (χ1v) is 18.7. The van der Waals surface area contributed by atoms with E-state index in [-0.39, 0.29) is 22.7 Å². The molecule has 0 N–H and O–H groups in total. The summed E-state index contributed by atoms with van der Waals surface area (Å²) in [5.74, 6) is 2.92. The lowest BCUT2D eigenvalue weighted by Gasteiger charge is -2.28. The lowest BCUT2D eigenvalue weighted by Crippen LogP contribution is -2.32. The molecule has 0 spiro atoms. The first kappa shape index (κ1) is 33.7. The van der Waals surface area contributed by atoms with E-state index in [1.54, 1.807) is 0 Å². The minimum atomic E-state index is 0.148. The highest BCUT2D eigenvalue weighted by Gasteiger charge is 2.33. The van der Waals surface area contributed by atoms with Crippen molar-refractivity contribution in [3.63, 3.8) is 0 Å². The summed E-state index contributed by atoms with van der Waals surface area (Å²) in [4.78, 5) is 17.5. The first-order chi connectivity index (χ1) is 23.0. The summed E-state index contributed by atoms with van der Waals surface area (Å²) in [6.07, 6.45) is 4.33. The van der Waals surface area contributed by atoms with Gasteiger partial charge in [0.25, 0.3) is 0 Å². The van der Waals surface area contributed by atoms with Crippen LogP contribution in [0.5, 0.6) is 0 Å². The molecule has 0 saturated carbocycles. The molecule has 1 aliphatic rings. The highest BCUT2D eigenvalue weighted by molar-refractivity contribution is 8.00. The largest absolute Gasteiger partial charge is 0.222 e. The Balaban J connectivity index is 1.52. The Morgan fingerprint density at radius 1 is 0.714 bits per heavy atom. The molecule has 0 bridgehead atoms. The van der Waals surface area contributed by atoms with Crippen LogP contribution in [0.3, 0.4) is 0 Å². The smallest absolute Gasteiger partial charge is 0.217 e. The first-order valence-electron chi connectivity index (χ1n) is 17.9. The fraction of sp³-hybridized carbons (Fsp3) is 0.409. The van der Waals surface area contributed by atoms with Crippen molar-refractivity contribution in [3.8, 4) is 22.6 Å². The second-order valence-electron chi connectivity index (χ2n) is 17.3. The second-order valence-corrected chi connectivity index (χ2v) is 18.4. The fourth-order valence-corrected chi connectivity index (χ4v) is 8.88. The predicted octanol–water partition coefficient (Wildman–Crippen LogP) is 11.7. The van der Waals surface area contributed by atoms with E-state index < -0.39 is 0 Å². The Labute approximate surface area is 296 Å². The van der Waals surface area contributed by atoms with Crippen LogP contribution in [0, 0.1) is 17.8 Å². The molecule has 3 heterocycles. The van der Waals surface area contributed by atoms with Gasteiger partial charge in [0.15, 0.2) is 12.0 Å². The van der Waals surface area contributed by atoms with Crippen molar-refractivity contribution < 1.29 is 4.57 Å². The summed E-state index contributed by atoms with van der Waals surface area (Å²) in [7, 11) is 2.22. The van der Waals surface area contributed by atoms with Crippen LogP contribution in [0.4, 0.5) is 0 Å². The Morgan fingerprint density at radius 3 is 2.02 bits per heavy atom. The zero-order valence-corrected chi connectivity index (χ0v) is 32.3. The van der Waals surface area contributed by atoms with E-state index in [4.69, 9.17) is 15.0 Å². The van der Waals surface area contributed by atoms with E-state index in [1.165, 1.54) is 70.1 Å². The zero-order valence-electron chi connectivity index (χ0n) is 31.5. The second kappa shape index (κ2) is 11.9. The number of pyridine rings is 1. The summed E-state index contributed by atoms with van der Waals surface area (Å²) in [6, 6.07) is 18.8. The Bertz CT molecular complexity index is 2270. The van der Waals surface area contributed by atoms with E-state index in [0.717, 1.165) is 35.9 Å². The quantitative estimate of drug-likeness (QED) is 0.135. The van der Waals surface area contributed by atoms with Gasteiger partial charge in [0.05, 0.1) is 10.9 Å². The van der Waals surface area contributed by atoms with Gasteiger partial charge in [0, 0.05) is 38.6 Å². The van der Waals surface area contributed by atoms with Gasteiger partial charge in [-0.25, -0.2) is 19.5 Å². The summed E-state index contributed by atoms with van der Waals surface area (Å²) in [6.45, 7) is 25.1. The van der Waals surface area contributed by atoms with E-state index in [1.807, 2.05) is 11.8 Å². The molecule has 252 valence electrons. The van der Waals surface area contributed by atoms with Gasteiger partial charge >= 0.3 is 0 Å². The number of fused-ring (bicyclic) bond motifs is 5. The zero-order chi connectivity index (χ0) is 35.2. The van der Waals surface area contributed by atoms with E-state index in [2.05, 4.69) is 143 Å². The van der Waals surface area contributed by atoms with Crippen LogP contribution in [0.25, 0.3) is 55.0 Å². The Hall–Kier alpha value is -3.83. The average molecular weight is 668 g/mol. The lowest BCUT2D eigenvalue weighted by molar-refractivity contribution is -0.659. The molecule has 0 fully saturated rings. The van der Waals surface area contributed by atoms with Crippen molar-refractivity contribution in [2.75, 3.05) is 0 Å². The molecular weight excluding hydrogens is 617 g/mol. The van der Waals surface area contributed by atoms with Gasteiger partial charge in [-0.3, -0.25) is 0 Å². The highest BCUT2D eigenvalue weighted by Crippen LogP contribution is 2.53. The van der Waals surface area contributed by atoms with Crippen LogP contribution >= 0.6 is 11.8 Å². The number of hydrogen-bond acceptors (Lipinski definition) is 4. The number of aromatic nitrogens is 4. The van der Waals surface area contributed by atoms with Gasteiger partial charge in [0.1, 0.15) is 18.7 Å². The molecule has 1 aliphatic heterocycles. The normalized spacial score (nSPS) is 13.3. The van der Waals surface area contributed by atoms with E-state index in [9.17, 15) is 0 Å². The standard InChI is InChI=1S/C44H51N4S/c1-24(2)40-45-41(25(3)4)47-42(46-40)29-15-14-28-21-35-37-31(33(28)20-29)17-18-48(12)38(37)36-26(5)32-19-27(22-43(6,7)8)13-16-30(32)34(39(36)49-35)23-44(9,10)11/h13-21,24-25H,22-23H2,1-12H3/q+1. The SMILES string of the molecule is Cc1c2c(c(CC(C)(C)C)c3ccc(CC(C)(C)C)cc13)Sc1cc3ccc(-c4nc(C(C)C)nc(C(C)C)n4)cc3c3cc[n+](C)c-2c13. The fourth-order valence-electron chi connectivity index (χ4n) is 7.51. The summed E-state index contributed by atoms with van der Waals surface area (Å²) < 4.78 is 2.36. The van der Waals surface area contributed by atoms with Gasteiger partial charge < -0.3 is 0 Å². The third-order valence-corrected chi connectivity index (χ3v) is 10.9. The van der Waals surface area contributed by atoms with Crippen LogP contribution in [0.1, 0.15) is 109 Å². The molecule has 0 unspecified atom stereocenters. The van der Waals surface area contributed by atoms with Gasteiger partial charge in [0.2, 0.25) is 5.69 Å². The Morgan fingerprint density at radius 2 is 1.39 bits per heavy atom. The van der Waals surface area contributed by atoms with Gasteiger partial charge in [-0.1, -0.05) is 111 Å². The maximum absolute atomic E-state index is 4.96. The molecule has 7 rings (SSSR count). The van der Waals surface area contributed by atoms with Crippen molar-refractivity contribution in [1.82, 2.24) is 15.0 Å². The van der Waals surface area contributed by atoms with E-state index in [0.29, 0.717) is 0 Å². The molecule has 0 aliphatic carbocycles. The molecular formula is C44H51N4S+. The topological polar surface area (TPSA) is 42.6 Å². The number of hydrogen-bond donors (Lipinski definition) is 0. The van der Waals surface area contributed by atoms with Gasteiger partial charge in [-0.15, -0.1) is 0 Å². The van der Waals surface area contributed by atoms with Crippen molar-refractivity contribution in [3.05, 3.63) is 83.1 Å². The number of aryl methyl sites for hydroxylation is 2. The molecule has 6 aromatic rings. The van der Waals surface area contributed by atoms with Crippen LogP contribution in [0.2, 0.25) is 0 Å². The van der Waals surface area contributed by atoms with Crippen molar-refractivity contribution in [2.45, 2.75) is 111 Å². The molecule has 4 aromatic carbocycles. The lowest BCUT2D eigenvalue weighted by atomic mass is 9.81. The average Bonchev–Trinajstić information content (AvgIpc) is 3.02. The van der Waals surface area contributed by atoms with E-state index >= 15 is 0 Å². The van der Waals surface area contributed by atoms with Crippen molar-refractivity contribution in [2.24, 2.45) is 17.9 Å². The van der Waals surface area contributed by atoms with Crippen LogP contribution in [-0.4, -0.2) is 15.0 Å². The van der Waals surface area contributed by atoms with Crippen LogP contribution in [0.15, 0.2) is 64.5 Å². The third-order valence-electron chi connectivity index (χ3n) is 9.74. The monoisotopic (exact) mass is 667 g/mol. The maximum Gasteiger partial charge on any atom is 0.222 e. The number of rotatable bonds is 5. The summed E-state index contributed by atoms with van der Waals surface area (Å²) in [5.41, 5.74) is 8.38. The molecule has 0 atom stereocenters. The highest BCUT2D eigenvalue weighted by atomic mass is 32.2. The third kappa shape index (κ3) is 6.13.